The Morgan fingerprint density at radius 2 is 1.89 bits per heavy atom. The summed E-state index contributed by atoms with van der Waals surface area (Å²) >= 11 is 5.92. The number of hydrogen-bond acceptors (Lipinski definition) is 1. The van der Waals surface area contributed by atoms with Gasteiger partial charge in [-0.2, -0.15) is 0 Å². The summed E-state index contributed by atoms with van der Waals surface area (Å²) < 4.78 is 0. The summed E-state index contributed by atoms with van der Waals surface area (Å²) in [6.45, 7) is 4.03. The molecule has 1 N–H and O–H groups in total. The largest absolute Gasteiger partial charge is 0.388 e. The van der Waals surface area contributed by atoms with Crippen LogP contribution in [0.4, 0.5) is 0 Å². The second-order valence-electron chi connectivity index (χ2n) is 4.71. The zero-order chi connectivity index (χ0) is 13.1. The van der Waals surface area contributed by atoms with Gasteiger partial charge in [0.2, 0.25) is 0 Å². The minimum Gasteiger partial charge on any atom is -0.388 e. The SMILES string of the molecule is Cc1cccc(CC(O)c2ccc(Cl)cc2C)c1. The number of halogens is 1. The van der Waals surface area contributed by atoms with E-state index in [1.807, 2.05) is 37.3 Å². The fourth-order valence-corrected chi connectivity index (χ4v) is 2.41. The molecule has 0 aliphatic heterocycles. The van der Waals surface area contributed by atoms with E-state index in [1.165, 1.54) is 5.56 Å². The molecule has 0 aliphatic rings. The monoisotopic (exact) mass is 260 g/mol. The molecule has 0 aliphatic carbocycles. The molecular formula is C16H17ClO. The third kappa shape index (κ3) is 3.12. The van der Waals surface area contributed by atoms with Crippen LogP contribution in [0.25, 0.3) is 0 Å². The van der Waals surface area contributed by atoms with Crippen LogP contribution in [0.2, 0.25) is 5.02 Å². The van der Waals surface area contributed by atoms with Gasteiger partial charge in [0.1, 0.15) is 0 Å². The van der Waals surface area contributed by atoms with Gasteiger partial charge in [0.15, 0.2) is 0 Å². The van der Waals surface area contributed by atoms with Crippen LogP contribution >= 0.6 is 11.6 Å². The van der Waals surface area contributed by atoms with Crippen molar-refractivity contribution in [2.75, 3.05) is 0 Å². The highest BCUT2D eigenvalue weighted by Gasteiger charge is 2.11. The number of aliphatic hydroxyl groups excluding tert-OH is 1. The first-order valence-corrected chi connectivity index (χ1v) is 6.44. The molecule has 0 fully saturated rings. The van der Waals surface area contributed by atoms with E-state index in [0.717, 1.165) is 16.7 Å². The molecule has 2 aromatic carbocycles. The van der Waals surface area contributed by atoms with Crippen LogP contribution in [0.3, 0.4) is 0 Å². The molecule has 0 radical (unpaired) electrons. The molecule has 0 saturated heterocycles. The van der Waals surface area contributed by atoms with Crippen LogP contribution in [0.1, 0.15) is 28.4 Å². The summed E-state index contributed by atoms with van der Waals surface area (Å²) in [6, 6.07) is 13.8. The van der Waals surface area contributed by atoms with Crippen LogP contribution < -0.4 is 0 Å². The van der Waals surface area contributed by atoms with Crippen molar-refractivity contribution >= 4 is 11.6 Å². The second kappa shape index (κ2) is 5.55. The van der Waals surface area contributed by atoms with Gasteiger partial charge < -0.3 is 5.11 Å². The predicted octanol–water partition coefficient (Wildman–Crippen LogP) is 4.23. The topological polar surface area (TPSA) is 20.2 Å². The van der Waals surface area contributed by atoms with Crippen molar-refractivity contribution in [3.63, 3.8) is 0 Å². The Kier molecular flexibility index (Phi) is 4.05. The molecule has 18 heavy (non-hydrogen) atoms. The highest BCUT2D eigenvalue weighted by molar-refractivity contribution is 6.30. The van der Waals surface area contributed by atoms with Gasteiger partial charge >= 0.3 is 0 Å². The summed E-state index contributed by atoms with van der Waals surface area (Å²) in [6.07, 6.45) is 0.147. The van der Waals surface area contributed by atoms with E-state index in [-0.39, 0.29) is 0 Å². The molecule has 2 heteroatoms. The van der Waals surface area contributed by atoms with Gasteiger partial charge in [0.05, 0.1) is 6.10 Å². The van der Waals surface area contributed by atoms with Crippen molar-refractivity contribution in [3.8, 4) is 0 Å². The van der Waals surface area contributed by atoms with E-state index in [9.17, 15) is 5.11 Å². The summed E-state index contributed by atoms with van der Waals surface area (Å²) in [4.78, 5) is 0. The van der Waals surface area contributed by atoms with Crippen LogP contribution in [0.15, 0.2) is 42.5 Å². The first kappa shape index (κ1) is 13.1. The maximum atomic E-state index is 10.3. The highest BCUT2D eigenvalue weighted by Crippen LogP contribution is 2.24. The molecule has 0 heterocycles. The van der Waals surface area contributed by atoms with Gasteiger partial charge in [-0.3, -0.25) is 0 Å². The van der Waals surface area contributed by atoms with E-state index in [4.69, 9.17) is 11.6 Å². The Labute approximate surface area is 113 Å². The van der Waals surface area contributed by atoms with Crippen molar-refractivity contribution in [1.82, 2.24) is 0 Å². The molecule has 1 unspecified atom stereocenters. The molecule has 0 bridgehead atoms. The number of aryl methyl sites for hydroxylation is 2. The Morgan fingerprint density at radius 1 is 1.11 bits per heavy atom. The van der Waals surface area contributed by atoms with Crippen LogP contribution in [0.5, 0.6) is 0 Å². The number of rotatable bonds is 3. The number of benzene rings is 2. The lowest BCUT2D eigenvalue weighted by Gasteiger charge is -2.14. The molecule has 0 amide bonds. The third-order valence-corrected chi connectivity index (χ3v) is 3.34. The zero-order valence-corrected chi connectivity index (χ0v) is 11.4. The van der Waals surface area contributed by atoms with Gasteiger partial charge in [0, 0.05) is 11.4 Å². The lowest BCUT2D eigenvalue weighted by atomic mass is 9.97. The standard InChI is InChI=1S/C16H17ClO/c1-11-4-3-5-13(8-11)10-16(18)15-7-6-14(17)9-12(15)2/h3-9,16,18H,10H2,1-2H3. The first-order valence-electron chi connectivity index (χ1n) is 6.06. The molecule has 2 rings (SSSR count). The lowest BCUT2D eigenvalue weighted by Crippen LogP contribution is -2.04. The molecule has 1 atom stereocenters. The molecular weight excluding hydrogens is 244 g/mol. The molecule has 94 valence electrons. The van der Waals surface area contributed by atoms with Gasteiger partial charge in [-0.15, -0.1) is 0 Å². The summed E-state index contributed by atoms with van der Waals surface area (Å²) in [5.41, 5.74) is 4.34. The summed E-state index contributed by atoms with van der Waals surface area (Å²) in [5.74, 6) is 0. The smallest absolute Gasteiger partial charge is 0.0832 e. The Hall–Kier alpha value is -1.31. The highest BCUT2D eigenvalue weighted by atomic mass is 35.5. The minimum atomic E-state index is -0.482. The summed E-state index contributed by atoms with van der Waals surface area (Å²) in [7, 11) is 0. The zero-order valence-electron chi connectivity index (χ0n) is 10.7. The predicted molar refractivity (Wildman–Crippen MR) is 76.0 cm³/mol. The van der Waals surface area contributed by atoms with E-state index in [1.54, 1.807) is 0 Å². The van der Waals surface area contributed by atoms with Crippen molar-refractivity contribution in [2.24, 2.45) is 0 Å². The molecule has 0 saturated carbocycles. The molecule has 0 spiro atoms. The fraction of sp³-hybridized carbons (Fsp3) is 0.250. The molecule has 0 aromatic heterocycles. The first-order chi connectivity index (χ1) is 8.56. The van der Waals surface area contributed by atoms with Crippen molar-refractivity contribution in [1.29, 1.82) is 0 Å². The van der Waals surface area contributed by atoms with Gasteiger partial charge in [-0.25, -0.2) is 0 Å². The number of hydrogen-bond donors (Lipinski definition) is 1. The average molecular weight is 261 g/mol. The Balaban J connectivity index is 2.19. The van der Waals surface area contributed by atoms with Crippen molar-refractivity contribution in [3.05, 3.63) is 69.7 Å². The average Bonchev–Trinajstić information content (AvgIpc) is 2.28. The van der Waals surface area contributed by atoms with Gasteiger partial charge in [-0.05, 0) is 42.7 Å². The lowest BCUT2D eigenvalue weighted by molar-refractivity contribution is 0.177. The second-order valence-corrected chi connectivity index (χ2v) is 5.15. The molecule has 2 aromatic rings. The Morgan fingerprint density at radius 3 is 2.56 bits per heavy atom. The van der Waals surface area contributed by atoms with E-state index in [2.05, 4.69) is 19.1 Å². The third-order valence-electron chi connectivity index (χ3n) is 3.10. The van der Waals surface area contributed by atoms with E-state index >= 15 is 0 Å². The van der Waals surface area contributed by atoms with Crippen LogP contribution in [0, 0.1) is 13.8 Å². The van der Waals surface area contributed by atoms with Crippen molar-refractivity contribution in [2.45, 2.75) is 26.4 Å². The van der Waals surface area contributed by atoms with Gasteiger partial charge in [0.25, 0.3) is 0 Å². The van der Waals surface area contributed by atoms with E-state index < -0.39 is 6.10 Å². The molecule has 1 nitrogen and oxygen atoms in total. The quantitative estimate of drug-likeness (QED) is 0.876. The summed E-state index contributed by atoms with van der Waals surface area (Å²) in [5, 5.41) is 11.0. The number of aliphatic hydroxyl groups is 1. The van der Waals surface area contributed by atoms with Crippen LogP contribution in [-0.2, 0) is 6.42 Å². The van der Waals surface area contributed by atoms with Crippen molar-refractivity contribution < 1.29 is 5.11 Å². The fourth-order valence-electron chi connectivity index (χ4n) is 2.19. The van der Waals surface area contributed by atoms with E-state index in [0.29, 0.717) is 11.4 Å². The maximum absolute atomic E-state index is 10.3. The normalized spacial score (nSPS) is 12.4. The maximum Gasteiger partial charge on any atom is 0.0832 e. The Bertz CT molecular complexity index is 549. The van der Waals surface area contributed by atoms with Gasteiger partial charge in [-0.1, -0.05) is 47.5 Å². The minimum absolute atomic E-state index is 0.482. The van der Waals surface area contributed by atoms with Crippen LogP contribution in [-0.4, -0.2) is 5.11 Å².